The molecule has 0 unspecified atom stereocenters. The summed E-state index contributed by atoms with van der Waals surface area (Å²) in [7, 11) is 0. The summed E-state index contributed by atoms with van der Waals surface area (Å²) in [4.78, 5) is 76.8. The van der Waals surface area contributed by atoms with Gasteiger partial charge in [-0.3, -0.25) is 24.0 Å². The number of aliphatic carboxylic acids is 1. The maximum absolute atomic E-state index is 13.7. The molecule has 5 amide bonds. The van der Waals surface area contributed by atoms with E-state index in [0.29, 0.717) is 6.42 Å². The molecule has 2 aromatic carbocycles. The molecule has 2 rings (SSSR count). The van der Waals surface area contributed by atoms with E-state index in [-0.39, 0.29) is 31.1 Å². The summed E-state index contributed by atoms with van der Waals surface area (Å²) < 4.78 is 0. The molecule has 48 heavy (non-hydrogen) atoms. The minimum absolute atomic E-state index is 0.0212. The molecular formula is C35H50N6O7. The number of hydrogen-bond acceptors (Lipinski definition) is 7. The Balaban J connectivity index is 2.17. The summed E-state index contributed by atoms with van der Waals surface area (Å²) in [5.41, 5.74) is 7.62. The number of hydrogen-bond donors (Lipinski definition) is 7. The standard InChI is InChI=1S/C35H50N6O7/c1-21(2)16-26(36)32(44)40-28(19-25-14-10-7-11-15-25)34(46)41-27(18-24-12-8-6-9-13-24)33(45)38-23(5)31(43)37-20-30(42)39-29(35(47)48)17-22(3)4/h6-15,21-23,26-29H,16-20,36H2,1-5H3,(H,37,43)(H,38,45)(H,39,42)(H,40,44)(H,41,46)(H,47,48)/t23-,26-,27-,28-,29-/m0/s1. The smallest absolute Gasteiger partial charge is 0.326 e. The maximum atomic E-state index is 13.7. The van der Waals surface area contributed by atoms with E-state index in [1.165, 1.54) is 6.92 Å². The number of benzene rings is 2. The second-order valence-corrected chi connectivity index (χ2v) is 12.8. The average molecular weight is 667 g/mol. The third-order valence-corrected chi connectivity index (χ3v) is 7.41. The Bertz CT molecular complexity index is 1370. The van der Waals surface area contributed by atoms with Crippen molar-refractivity contribution in [1.29, 1.82) is 0 Å². The van der Waals surface area contributed by atoms with E-state index in [4.69, 9.17) is 5.73 Å². The minimum atomic E-state index is -1.18. The highest BCUT2D eigenvalue weighted by Gasteiger charge is 2.30. The number of carbonyl (C=O) groups is 6. The Hall–Kier alpha value is -4.78. The number of carboxylic acid groups (broad SMARTS) is 1. The Labute approximate surface area is 282 Å². The van der Waals surface area contributed by atoms with Crippen molar-refractivity contribution in [2.75, 3.05) is 6.54 Å². The number of amides is 5. The molecule has 0 saturated carbocycles. The lowest BCUT2D eigenvalue weighted by molar-refractivity contribution is -0.142. The first-order chi connectivity index (χ1) is 22.7. The van der Waals surface area contributed by atoms with E-state index in [1.807, 2.05) is 64.1 Å². The van der Waals surface area contributed by atoms with Gasteiger partial charge in [0.25, 0.3) is 0 Å². The van der Waals surface area contributed by atoms with Crippen LogP contribution in [0.3, 0.4) is 0 Å². The van der Waals surface area contributed by atoms with Gasteiger partial charge in [-0.1, -0.05) is 88.4 Å². The van der Waals surface area contributed by atoms with Crippen LogP contribution in [0, 0.1) is 11.8 Å². The molecule has 0 spiro atoms. The van der Waals surface area contributed by atoms with Gasteiger partial charge in [0.1, 0.15) is 24.2 Å². The minimum Gasteiger partial charge on any atom is -0.480 e. The van der Waals surface area contributed by atoms with E-state index in [9.17, 15) is 33.9 Å². The first-order valence-corrected chi connectivity index (χ1v) is 16.2. The fraction of sp³-hybridized carbons (Fsp3) is 0.486. The number of nitrogens with two attached hydrogens (primary N) is 1. The molecule has 5 atom stereocenters. The highest BCUT2D eigenvalue weighted by Crippen LogP contribution is 2.09. The molecular weight excluding hydrogens is 616 g/mol. The van der Waals surface area contributed by atoms with Crippen LogP contribution in [-0.2, 0) is 41.6 Å². The topological polar surface area (TPSA) is 209 Å². The third-order valence-electron chi connectivity index (χ3n) is 7.41. The first kappa shape index (κ1) is 39.4. The van der Waals surface area contributed by atoms with Gasteiger partial charge in [0.2, 0.25) is 29.5 Å². The quantitative estimate of drug-likeness (QED) is 0.115. The predicted molar refractivity (Wildman–Crippen MR) is 181 cm³/mol. The van der Waals surface area contributed by atoms with Crippen molar-refractivity contribution in [3.05, 3.63) is 71.8 Å². The van der Waals surface area contributed by atoms with E-state index in [0.717, 1.165) is 11.1 Å². The summed E-state index contributed by atoms with van der Waals surface area (Å²) in [6.45, 7) is 8.44. The normalized spacial score (nSPS) is 14.2. The average Bonchev–Trinajstić information content (AvgIpc) is 3.02. The lowest BCUT2D eigenvalue weighted by Gasteiger charge is -2.25. The SMILES string of the molecule is CC(C)C[C@H](NC(=O)CNC(=O)[C@H](C)NC(=O)[C@H](Cc1ccccc1)NC(=O)[C@H](Cc1ccccc1)NC(=O)[C@@H](N)CC(C)C)C(=O)O. The van der Waals surface area contributed by atoms with Crippen LogP contribution in [-0.4, -0.2) is 77.4 Å². The Kier molecular flexibility index (Phi) is 16.2. The van der Waals surface area contributed by atoms with Crippen LogP contribution in [0.15, 0.2) is 60.7 Å². The summed E-state index contributed by atoms with van der Waals surface area (Å²) in [5, 5.41) is 22.2. The largest absolute Gasteiger partial charge is 0.480 e. The second kappa shape index (κ2) is 19.8. The summed E-state index contributed by atoms with van der Waals surface area (Å²) >= 11 is 0. The zero-order chi connectivity index (χ0) is 35.8. The maximum Gasteiger partial charge on any atom is 0.326 e. The van der Waals surface area contributed by atoms with Gasteiger partial charge in [-0.25, -0.2) is 4.79 Å². The van der Waals surface area contributed by atoms with Crippen LogP contribution < -0.4 is 32.3 Å². The van der Waals surface area contributed by atoms with Gasteiger partial charge in [0, 0.05) is 12.8 Å². The van der Waals surface area contributed by atoms with E-state index in [1.54, 1.807) is 24.3 Å². The molecule has 13 heteroatoms. The first-order valence-electron chi connectivity index (χ1n) is 16.2. The Morgan fingerprint density at radius 3 is 1.52 bits per heavy atom. The monoisotopic (exact) mass is 666 g/mol. The van der Waals surface area contributed by atoms with Crippen molar-refractivity contribution in [1.82, 2.24) is 26.6 Å². The van der Waals surface area contributed by atoms with Crippen LogP contribution in [0.2, 0.25) is 0 Å². The number of carboxylic acids is 1. The zero-order valence-electron chi connectivity index (χ0n) is 28.3. The van der Waals surface area contributed by atoms with Crippen LogP contribution in [0.1, 0.15) is 58.6 Å². The zero-order valence-corrected chi connectivity index (χ0v) is 28.3. The molecule has 0 heterocycles. The molecule has 0 fully saturated rings. The van der Waals surface area contributed by atoms with Crippen molar-refractivity contribution in [2.24, 2.45) is 17.6 Å². The molecule has 0 bridgehead atoms. The number of carbonyl (C=O) groups excluding carboxylic acids is 5. The van der Waals surface area contributed by atoms with Gasteiger partial charge in [-0.15, -0.1) is 0 Å². The van der Waals surface area contributed by atoms with Crippen molar-refractivity contribution in [3.8, 4) is 0 Å². The molecule has 2 aromatic rings. The Morgan fingerprint density at radius 1 is 0.604 bits per heavy atom. The van der Waals surface area contributed by atoms with Gasteiger partial charge < -0.3 is 37.4 Å². The van der Waals surface area contributed by atoms with Crippen LogP contribution in [0.5, 0.6) is 0 Å². The highest BCUT2D eigenvalue weighted by molar-refractivity contribution is 5.95. The van der Waals surface area contributed by atoms with Gasteiger partial charge in [0.15, 0.2) is 0 Å². The molecule has 8 N–H and O–H groups in total. The lowest BCUT2D eigenvalue weighted by Crippen LogP contribution is -2.58. The van der Waals surface area contributed by atoms with Gasteiger partial charge in [0.05, 0.1) is 12.6 Å². The second-order valence-electron chi connectivity index (χ2n) is 12.8. The molecule has 0 aromatic heterocycles. The molecule has 0 saturated heterocycles. The summed E-state index contributed by atoms with van der Waals surface area (Å²) in [6.07, 6.45) is 0.870. The predicted octanol–water partition coefficient (Wildman–Crippen LogP) is 1.05. The van der Waals surface area contributed by atoms with Crippen molar-refractivity contribution >= 4 is 35.5 Å². The fourth-order valence-corrected chi connectivity index (χ4v) is 4.92. The molecule has 0 aliphatic rings. The molecule has 0 aliphatic heterocycles. The molecule has 262 valence electrons. The number of nitrogens with one attached hydrogen (secondary N) is 5. The fourth-order valence-electron chi connectivity index (χ4n) is 4.92. The van der Waals surface area contributed by atoms with Crippen LogP contribution in [0.4, 0.5) is 0 Å². The van der Waals surface area contributed by atoms with Gasteiger partial charge >= 0.3 is 5.97 Å². The van der Waals surface area contributed by atoms with Crippen LogP contribution >= 0.6 is 0 Å². The summed E-state index contributed by atoms with van der Waals surface area (Å²) in [5.74, 6) is -4.14. The Morgan fingerprint density at radius 2 is 1.06 bits per heavy atom. The van der Waals surface area contributed by atoms with Crippen molar-refractivity contribution < 1.29 is 33.9 Å². The van der Waals surface area contributed by atoms with Crippen LogP contribution in [0.25, 0.3) is 0 Å². The molecule has 13 nitrogen and oxygen atoms in total. The van der Waals surface area contributed by atoms with Crippen molar-refractivity contribution in [3.63, 3.8) is 0 Å². The van der Waals surface area contributed by atoms with E-state index in [2.05, 4.69) is 26.6 Å². The van der Waals surface area contributed by atoms with Crippen molar-refractivity contribution in [2.45, 2.75) is 90.5 Å². The number of rotatable bonds is 19. The van der Waals surface area contributed by atoms with Gasteiger partial charge in [-0.2, -0.15) is 0 Å². The van der Waals surface area contributed by atoms with E-state index < -0.39 is 72.3 Å². The van der Waals surface area contributed by atoms with E-state index >= 15 is 0 Å². The molecule has 0 radical (unpaired) electrons. The van der Waals surface area contributed by atoms with Gasteiger partial charge in [-0.05, 0) is 42.7 Å². The molecule has 0 aliphatic carbocycles. The third kappa shape index (κ3) is 14.3. The summed E-state index contributed by atoms with van der Waals surface area (Å²) in [6, 6.07) is 12.9. The highest BCUT2D eigenvalue weighted by atomic mass is 16.4. The lowest BCUT2D eigenvalue weighted by atomic mass is 10.0.